The largest absolute Gasteiger partial charge is 0.491 e. The van der Waals surface area contributed by atoms with Crippen LogP contribution in [0.15, 0.2) is 66.7 Å². The fourth-order valence-electron chi connectivity index (χ4n) is 3.50. The molecule has 0 aliphatic heterocycles. The van der Waals surface area contributed by atoms with Gasteiger partial charge < -0.3 is 9.84 Å². The molecule has 0 fully saturated rings. The molecule has 3 nitrogen and oxygen atoms in total. The second-order valence-corrected chi connectivity index (χ2v) is 7.96. The van der Waals surface area contributed by atoms with Gasteiger partial charge in [-0.15, -0.1) is 0 Å². The Morgan fingerprint density at radius 3 is 2.37 bits per heavy atom. The molecule has 0 aliphatic rings. The van der Waals surface area contributed by atoms with E-state index in [0.29, 0.717) is 19.6 Å². The number of aliphatic hydroxyl groups excluding tert-OH is 1. The Hall–Kier alpha value is -2.69. The maximum Gasteiger partial charge on any atom is 0.123 e. The second kappa shape index (κ2) is 10.4. The van der Waals surface area contributed by atoms with E-state index >= 15 is 0 Å². The number of hydrogen-bond donors (Lipinski definition) is 1. The average molecular weight is 408 g/mol. The Balaban J connectivity index is 1.70. The Labute approximate surface area is 178 Å². The van der Waals surface area contributed by atoms with E-state index in [1.54, 1.807) is 12.1 Å². The number of hydrogen-bond acceptors (Lipinski definition) is 3. The van der Waals surface area contributed by atoms with Gasteiger partial charge in [0.15, 0.2) is 0 Å². The van der Waals surface area contributed by atoms with E-state index in [-0.39, 0.29) is 12.4 Å². The molecule has 3 aromatic rings. The first-order valence-electron chi connectivity index (χ1n) is 10.3. The summed E-state index contributed by atoms with van der Waals surface area (Å²) in [6.07, 6.45) is -0.643. The number of benzene rings is 3. The predicted octanol–water partition coefficient (Wildman–Crippen LogP) is 5.19. The third-order valence-corrected chi connectivity index (χ3v) is 5.21. The van der Waals surface area contributed by atoms with Gasteiger partial charge in [0.05, 0.1) is 0 Å². The topological polar surface area (TPSA) is 32.7 Å². The molecule has 0 heterocycles. The van der Waals surface area contributed by atoms with Gasteiger partial charge in [-0.1, -0.05) is 54.1 Å². The SMILES string of the molecule is Cc1ccc(C)c(CN(Cc2ccc(F)cc2)CC(O)COc2ccccc2C)c1. The van der Waals surface area contributed by atoms with Crippen LogP contribution in [0.4, 0.5) is 4.39 Å². The van der Waals surface area contributed by atoms with Gasteiger partial charge in [-0.25, -0.2) is 4.39 Å². The van der Waals surface area contributed by atoms with Crippen LogP contribution in [0.3, 0.4) is 0 Å². The highest BCUT2D eigenvalue weighted by Gasteiger charge is 2.15. The van der Waals surface area contributed by atoms with E-state index in [1.807, 2.05) is 31.2 Å². The molecule has 1 atom stereocenters. The van der Waals surface area contributed by atoms with Crippen LogP contribution in [0.25, 0.3) is 0 Å². The summed E-state index contributed by atoms with van der Waals surface area (Å²) < 4.78 is 19.1. The molecule has 0 aliphatic carbocycles. The molecular weight excluding hydrogens is 377 g/mol. The van der Waals surface area contributed by atoms with Gasteiger partial charge in [0.1, 0.15) is 24.3 Å². The molecule has 0 saturated heterocycles. The Kier molecular flexibility index (Phi) is 7.61. The Morgan fingerprint density at radius 1 is 0.900 bits per heavy atom. The predicted molar refractivity (Wildman–Crippen MR) is 119 cm³/mol. The summed E-state index contributed by atoms with van der Waals surface area (Å²) in [7, 11) is 0. The number of aliphatic hydroxyl groups is 1. The number of halogens is 1. The normalized spacial score (nSPS) is 12.2. The van der Waals surface area contributed by atoms with Crippen LogP contribution in [-0.2, 0) is 13.1 Å². The summed E-state index contributed by atoms with van der Waals surface area (Å²) >= 11 is 0. The summed E-state index contributed by atoms with van der Waals surface area (Å²) in [6.45, 7) is 8.17. The van der Waals surface area contributed by atoms with Gasteiger partial charge in [0.25, 0.3) is 0 Å². The minimum atomic E-state index is -0.643. The third-order valence-electron chi connectivity index (χ3n) is 5.21. The van der Waals surface area contributed by atoms with Crippen LogP contribution >= 0.6 is 0 Å². The van der Waals surface area contributed by atoms with Crippen LogP contribution < -0.4 is 4.74 Å². The highest BCUT2D eigenvalue weighted by Crippen LogP contribution is 2.18. The Bertz CT molecular complexity index is 956. The van der Waals surface area contributed by atoms with Gasteiger partial charge in [-0.2, -0.15) is 0 Å². The van der Waals surface area contributed by atoms with Crippen molar-refractivity contribution in [3.8, 4) is 5.75 Å². The number of nitrogens with zero attached hydrogens (tertiary/aromatic N) is 1. The lowest BCUT2D eigenvalue weighted by Crippen LogP contribution is -2.35. The quantitative estimate of drug-likeness (QED) is 0.530. The second-order valence-electron chi connectivity index (χ2n) is 7.96. The number of para-hydroxylation sites is 1. The highest BCUT2D eigenvalue weighted by atomic mass is 19.1. The summed E-state index contributed by atoms with van der Waals surface area (Å²) in [5, 5.41) is 10.7. The molecule has 1 unspecified atom stereocenters. The summed E-state index contributed by atoms with van der Waals surface area (Å²) in [4.78, 5) is 2.18. The van der Waals surface area contributed by atoms with E-state index in [9.17, 15) is 9.50 Å². The monoisotopic (exact) mass is 407 g/mol. The number of ether oxygens (including phenoxy) is 1. The van der Waals surface area contributed by atoms with E-state index in [1.165, 1.54) is 28.8 Å². The maximum atomic E-state index is 13.3. The van der Waals surface area contributed by atoms with Crippen molar-refractivity contribution in [2.75, 3.05) is 13.2 Å². The first-order chi connectivity index (χ1) is 14.4. The highest BCUT2D eigenvalue weighted by molar-refractivity contribution is 5.32. The lowest BCUT2D eigenvalue weighted by atomic mass is 10.0. The van der Waals surface area contributed by atoms with Crippen molar-refractivity contribution in [2.24, 2.45) is 0 Å². The molecular formula is C26H30FNO2. The van der Waals surface area contributed by atoms with Crippen molar-refractivity contribution >= 4 is 0 Å². The van der Waals surface area contributed by atoms with Crippen LogP contribution in [0.5, 0.6) is 5.75 Å². The molecule has 4 heteroatoms. The molecule has 0 saturated carbocycles. The van der Waals surface area contributed by atoms with Crippen molar-refractivity contribution < 1.29 is 14.2 Å². The van der Waals surface area contributed by atoms with Gasteiger partial charge in [-0.3, -0.25) is 4.90 Å². The van der Waals surface area contributed by atoms with Crippen molar-refractivity contribution in [3.63, 3.8) is 0 Å². The van der Waals surface area contributed by atoms with Gasteiger partial charge >= 0.3 is 0 Å². The van der Waals surface area contributed by atoms with Crippen LogP contribution in [0.1, 0.15) is 27.8 Å². The van der Waals surface area contributed by atoms with Crippen LogP contribution in [-0.4, -0.2) is 29.3 Å². The zero-order chi connectivity index (χ0) is 21.5. The standard InChI is InChI=1S/C26H30FNO2/c1-19-8-9-20(2)23(14-19)16-28(15-22-10-12-24(27)13-11-22)17-25(29)18-30-26-7-5-4-6-21(26)3/h4-14,25,29H,15-18H2,1-3H3. The van der Waals surface area contributed by atoms with E-state index < -0.39 is 6.10 Å². The van der Waals surface area contributed by atoms with E-state index in [0.717, 1.165) is 16.9 Å². The van der Waals surface area contributed by atoms with Crippen molar-refractivity contribution in [1.82, 2.24) is 4.90 Å². The molecule has 158 valence electrons. The minimum Gasteiger partial charge on any atom is -0.491 e. The van der Waals surface area contributed by atoms with Crippen molar-refractivity contribution in [3.05, 3.63) is 100 Å². The molecule has 3 rings (SSSR count). The molecule has 0 amide bonds. The third kappa shape index (κ3) is 6.41. The van der Waals surface area contributed by atoms with Crippen molar-refractivity contribution in [2.45, 2.75) is 40.0 Å². The lowest BCUT2D eigenvalue weighted by Gasteiger charge is -2.26. The van der Waals surface area contributed by atoms with E-state index in [2.05, 4.69) is 36.9 Å². The zero-order valence-electron chi connectivity index (χ0n) is 17.9. The maximum absolute atomic E-state index is 13.3. The first kappa shape index (κ1) is 22.0. The fourth-order valence-corrected chi connectivity index (χ4v) is 3.50. The van der Waals surface area contributed by atoms with Gasteiger partial charge in [0.2, 0.25) is 0 Å². The molecule has 30 heavy (non-hydrogen) atoms. The lowest BCUT2D eigenvalue weighted by molar-refractivity contribution is 0.0625. The molecule has 0 radical (unpaired) electrons. The van der Waals surface area contributed by atoms with Crippen LogP contribution in [0.2, 0.25) is 0 Å². The smallest absolute Gasteiger partial charge is 0.123 e. The summed E-state index contributed by atoms with van der Waals surface area (Å²) in [5.41, 5.74) is 5.71. The first-order valence-corrected chi connectivity index (χ1v) is 10.3. The van der Waals surface area contributed by atoms with Gasteiger partial charge in [-0.05, 0) is 61.2 Å². The number of aryl methyl sites for hydroxylation is 3. The molecule has 3 aromatic carbocycles. The van der Waals surface area contributed by atoms with E-state index in [4.69, 9.17) is 4.74 Å². The van der Waals surface area contributed by atoms with Crippen molar-refractivity contribution in [1.29, 1.82) is 0 Å². The molecule has 1 N–H and O–H groups in total. The van der Waals surface area contributed by atoms with Crippen LogP contribution in [0, 0.1) is 26.6 Å². The fraction of sp³-hybridized carbons (Fsp3) is 0.308. The number of rotatable bonds is 9. The molecule has 0 bridgehead atoms. The minimum absolute atomic E-state index is 0.220. The van der Waals surface area contributed by atoms with Gasteiger partial charge in [0, 0.05) is 19.6 Å². The zero-order valence-corrected chi connectivity index (χ0v) is 17.9. The molecule has 0 aromatic heterocycles. The summed E-state index contributed by atoms with van der Waals surface area (Å²) in [5.74, 6) is 0.544. The average Bonchev–Trinajstić information content (AvgIpc) is 2.72. The summed E-state index contributed by atoms with van der Waals surface area (Å²) in [6, 6.07) is 20.7. The Morgan fingerprint density at radius 2 is 1.63 bits per heavy atom. The molecule has 0 spiro atoms.